The number of carbonyl (C=O) groups is 1. The van der Waals surface area contributed by atoms with E-state index in [1.165, 1.54) is 22.7 Å². The third-order valence-corrected chi connectivity index (χ3v) is 5.61. The van der Waals surface area contributed by atoms with E-state index in [4.69, 9.17) is 4.74 Å². The maximum absolute atomic E-state index is 12.2. The summed E-state index contributed by atoms with van der Waals surface area (Å²) in [6, 6.07) is 19.1. The van der Waals surface area contributed by atoms with Gasteiger partial charge in [0.15, 0.2) is 5.13 Å². The second kappa shape index (κ2) is 8.24. The van der Waals surface area contributed by atoms with Crippen LogP contribution in [0.4, 0.5) is 16.5 Å². The molecule has 0 unspecified atom stereocenters. The molecule has 0 atom stereocenters. The van der Waals surface area contributed by atoms with E-state index in [0.29, 0.717) is 4.88 Å². The molecule has 0 saturated carbocycles. The highest BCUT2D eigenvalue weighted by Gasteiger charge is 2.09. The number of ether oxygens (including phenoxy) is 1. The van der Waals surface area contributed by atoms with Gasteiger partial charge in [-0.25, -0.2) is 4.98 Å². The zero-order valence-electron chi connectivity index (χ0n) is 15.0. The number of aromatic nitrogens is 1. The van der Waals surface area contributed by atoms with Gasteiger partial charge in [-0.15, -0.1) is 22.7 Å². The Morgan fingerprint density at radius 3 is 2.68 bits per heavy atom. The zero-order chi connectivity index (χ0) is 19.3. The van der Waals surface area contributed by atoms with Crippen LogP contribution in [0.5, 0.6) is 5.75 Å². The first-order valence-electron chi connectivity index (χ1n) is 8.53. The van der Waals surface area contributed by atoms with E-state index in [1.54, 1.807) is 13.2 Å². The average Bonchev–Trinajstić information content (AvgIpc) is 3.41. The largest absolute Gasteiger partial charge is 0.497 e. The molecule has 2 aromatic heterocycles. The Morgan fingerprint density at radius 2 is 1.86 bits per heavy atom. The van der Waals surface area contributed by atoms with Crippen molar-refractivity contribution in [2.24, 2.45) is 0 Å². The molecule has 1 amide bonds. The first-order valence-corrected chi connectivity index (χ1v) is 10.3. The van der Waals surface area contributed by atoms with Crippen LogP contribution in [-0.4, -0.2) is 18.0 Å². The number of hydrogen-bond acceptors (Lipinski definition) is 6. The highest BCUT2D eigenvalue weighted by atomic mass is 32.1. The number of rotatable bonds is 6. The van der Waals surface area contributed by atoms with Crippen LogP contribution in [0.3, 0.4) is 0 Å². The van der Waals surface area contributed by atoms with Crippen molar-refractivity contribution >= 4 is 45.1 Å². The van der Waals surface area contributed by atoms with Crippen molar-refractivity contribution in [3.8, 4) is 17.0 Å². The molecule has 28 heavy (non-hydrogen) atoms. The zero-order valence-corrected chi connectivity index (χ0v) is 16.6. The number of nitrogens with zero attached hydrogens (tertiary/aromatic N) is 1. The molecular weight excluding hydrogens is 390 g/mol. The average molecular weight is 408 g/mol. The summed E-state index contributed by atoms with van der Waals surface area (Å²) in [5, 5.41) is 10.9. The minimum absolute atomic E-state index is 0.106. The molecule has 0 aliphatic heterocycles. The molecule has 5 nitrogen and oxygen atoms in total. The molecule has 7 heteroatoms. The molecule has 0 radical (unpaired) electrons. The first-order chi connectivity index (χ1) is 13.7. The summed E-state index contributed by atoms with van der Waals surface area (Å²) < 4.78 is 5.25. The lowest BCUT2D eigenvalue weighted by Gasteiger charge is -2.06. The number of methoxy groups -OCH3 is 1. The van der Waals surface area contributed by atoms with E-state index in [0.717, 1.165) is 33.5 Å². The topological polar surface area (TPSA) is 63.2 Å². The number of anilines is 3. The van der Waals surface area contributed by atoms with Crippen molar-refractivity contribution in [3.63, 3.8) is 0 Å². The lowest BCUT2D eigenvalue weighted by Crippen LogP contribution is -2.09. The van der Waals surface area contributed by atoms with Crippen LogP contribution in [0.2, 0.25) is 0 Å². The second-order valence-corrected chi connectivity index (χ2v) is 7.71. The summed E-state index contributed by atoms with van der Waals surface area (Å²) in [5.74, 6) is 0.682. The quantitative estimate of drug-likeness (QED) is 0.419. The molecular formula is C21H17N3O2S2. The maximum Gasteiger partial charge on any atom is 0.265 e. The van der Waals surface area contributed by atoms with Crippen LogP contribution >= 0.6 is 22.7 Å². The lowest BCUT2D eigenvalue weighted by molar-refractivity contribution is 0.103. The smallest absolute Gasteiger partial charge is 0.265 e. The molecule has 0 spiro atoms. The van der Waals surface area contributed by atoms with Crippen molar-refractivity contribution in [3.05, 3.63) is 76.3 Å². The third kappa shape index (κ3) is 4.21. The summed E-state index contributed by atoms with van der Waals surface area (Å²) in [6.07, 6.45) is 0. The van der Waals surface area contributed by atoms with E-state index < -0.39 is 0 Å². The molecule has 2 heterocycles. The summed E-state index contributed by atoms with van der Waals surface area (Å²) in [5.41, 5.74) is 3.45. The van der Waals surface area contributed by atoms with Gasteiger partial charge in [-0.1, -0.05) is 24.3 Å². The number of hydrogen-bond donors (Lipinski definition) is 2. The molecule has 4 aromatic rings. The van der Waals surface area contributed by atoms with Gasteiger partial charge in [0, 0.05) is 28.4 Å². The van der Waals surface area contributed by atoms with Crippen LogP contribution in [0.25, 0.3) is 11.3 Å². The normalized spacial score (nSPS) is 10.5. The Balaban J connectivity index is 1.49. The fourth-order valence-electron chi connectivity index (χ4n) is 2.64. The maximum atomic E-state index is 12.2. The van der Waals surface area contributed by atoms with Crippen LogP contribution < -0.4 is 15.4 Å². The standard InChI is InChI=1S/C21H17N3O2S2/c1-26-17-8-3-7-16(12-17)23-21-24-18(13-28-21)14-5-2-6-15(11-14)22-20(25)19-9-4-10-27-19/h2-13H,1H3,(H,22,25)(H,23,24). The highest BCUT2D eigenvalue weighted by molar-refractivity contribution is 7.14. The van der Waals surface area contributed by atoms with Crippen LogP contribution in [0.1, 0.15) is 9.67 Å². The summed E-state index contributed by atoms with van der Waals surface area (Å²) in [7, 11) is 1.64. The van der Waals surface area contributed by atoms with Crippen molar-refractivity contribution in [1.82, 2.24) is 4.98 Å². The SMILES string of the molecule is COc1cccc(Nc2nc(-c3cccc(NC(=O)c4cccs4)c3)cs2)c1. The van der Waals surface area contributed by atoms with Crippen molar-refractivity contribution < 1.29 is 9.53 Å². The number of thiazole rings is 1. The molecule has 0 bridgehead atoms. The Bertz CT molecular complexity index is 1090. The molecule has 0 aliphatic carbocycles. The van der Waals surface area contributed by atoms with Gasteiger partial charge in [0.2, 0.25) is 0 Å². The van der Waals surface area contributed by atoms with Gasteiger partial charge in [0.05, 0.1) is 17.7 Å². The Labute approximate surface area is 170 Å². The number of carbonyl (C=O) groups excluding carboxylic acids is 1. The molecule has 2 aromatic carbocycles. The predicted octanol–water partition coefficient (Wildman–Crippen LogP) is 5.88. The van der Waals surface area contributed by atoms with Gasteiger partial charge in [-0.2, -0.15) is 0 Å². The molecule has 0 aliphatic rings. The van der Waals surface area contributed by atoms with Crippen molar-refractivity contribution in [1.29, 1.82) is 0 Å². The molecule has 4 rings (SSSR count). The first kappa shape index (κ1) is 18.2. The Morgan fingerprint density at radius 1 is 1.00 bits per heavy atom. The Hall–Kier alpha value is -3.16. The van der Waals surface area contributed by atoms with Gasteiger partial charge in [-0.05, 0) is 35.7 Å². The van der Waals surface area contributed by atoms with Crippen LogP contribution in [0, 0.1) is 0 Å². The van der Waals surface area contributed by atoms with Gasteiger partial charge in [0.1, 0.15) is 5.75 Å². The number of thiophene rings is 1. The summed E-state index contributed by atoms with van der Waals surface area (Å²) >= 11 is 2.94. The van der Waals surface area contributed by atoms with Gasteiger partial charge in [0.25, 0.3) is 5.91 Å². The fraction of sp³-hybridized carbons (Fsp3) is 0.0476. The number of nitrogens with one attached hydrogen (secondary N) is 2. The monoisotopic (exact) mass is 407 g/mol. The molecule has 0 fully saturated rings. The minimum atomic E-state index is -0.106. The molecule has 2 N–H and O–H groups in total. The van der Waals surface area contributed by atoms with Crippen LogP contribution in [-0.2, 0) is 0 Å². The molecule has 140 valence electrons. The number of amides is 1. The minimum Gasteiger partial charge on any atom is -0.497 e. The van der Waals surface area contributed by atoms with Gasteiger partial charge in [-0.3, -0.25) is 4.79 Å². The van der Waals surface area contributed by atoms with E-state index in [-0.39, 0.29) is 5.91 Å². The summed E-state index contributed by atoms with van der Waals surface area (Å²) in [6.45, 7) is 0. The van der Waals surface area contributed by atoms with Crippen LogP contribution in [0.15, 0.2) is 71.4 Å². The van der Waals surface area contributed by atoms with E-state index in [1.807, 2.05) is 65.4 Å². The van der Waals surface area contributed by atoms with E-state index >= 15 is 0 Å². The van der Waals surface area contributed by atoms with E-state index in [9.17, 15) is 4.79 Å². The fourth-order valence-corrected chi connectivity index (χ4v) is 4.00. The Kier molecular flexibility index (Phi) is 5.36. The lowest BCUT2D eigenvalue weighted by atomic mass is 10.1. The second-order valence-electron chi connectivity index (χ2n) is 5.91. The van der Waals surface area contributed by atoms with Gasteiger partial charge < -0.3 is 15.4 Å². The molecule has 0 saturated heterocycles. The van der Waals surface area contributed by atoms with E-state index in [2.05, 4.69) is 15.6 Å². The number of benzene rings is 2. The van der Waals surface area contributed by atoms with Crippen molar-refractivity contribution in [2.75, 3.05) is 17.7 Å². The van der Waals surface area contributed by atoms with Crippen molar-refractivity contribution in [2.45, 2.75) is 0 Å². The van der Waals surface area contributed by atoms with Gasteiger partial charge >= 0.3 is 0 Å². The third-order valence-electron chi connectivity index (χ3n) is 3.99. The summed E-state index contributed by atoms with van der Waals surface area (Å²) in [4.78, 5) is 17.6. The predicted molar refractivity (Wildman–Crippen MR) is 116 cm³/mol. The highest BCUT2D eigenvalue weighted by Crippen LogP contribution is 2.29.